The van der Waals surface area contributed by atoms with Crippen LogP contribution in [0.1, 0.15) is 35.9 Å². The van der Waals surface area contributed by atoms with Crippen molar-refractivity contribution in [2.45, 2.75) is 19.8 Å². The second kappa shape index (κ2) is 4.73. The normalized spacial score (nSPS) is 10.9. The lowest BCUT2D eigenvalue weighted by atomic mass is 10.1. The van der Waals surface area contributed by atoms with Crippen LogP contribution in [0.5, 0.6) is 0 Å². The third kappa shape index (κ3) is 2.19. The molecular formula is C11H11ClN4O2. The van der Waals surface area contributed by atoms with Crippen LogP contribution in [-0.4, -0.2) is 31.3 Å². The highest BCUT2D eigenvalue weighted by Crippen LogP contribution is 2.22. The third-order valence-corrected chi connectivity index (χ3v) is 2.66. The quantitative estimate of drug-likeness (QED) is 0.920. The molecule has 0 atom stereocenters. The average molecular weight is 267 g/mol. The van der Waals surface area contributed by atoms with Crippen LogP contribution in [0, 0.1) is 0 Å². The first-order chi connectivity index (χ1) is 8.50. The van der Waals surface area contributed by atoms with Crippen LogP contribution in [0.15, 0.2) is 18.2 Å². The smallest absolute Gasteiger partial charge is 0.337 e. The maximum atomic E-state index is 11.2. The van der Waals surface area contributed by atoms with Crippen LogP contribution in [0.25, 0.3) is 5.69 Å². The van der Waals surface area contributed by atoms with Gasteiger partial charge in [0.05, 0.1) is 11.3 Å². The molecule has 1 N–H and O–H groups in total. The number of benzene rings is 1. The molecule has 0 saturated heterocycles. The fourth-order valence-electron chi connectivity index (χ4n) is 1.59. The molecule has 1 aromatic carbocycles. The van der Waals surface area contributed by atoms with Crippen LogP contribution in [-0.2, 0) is 0 Å². The molecule has 0 aliphatic carbocycles. The van der Waals surface area contributed by atoms with Gasteiger partial charge in [0.15, 0.2) is 5.82 Å². The molecule has 1 aromatic heterocycles. The molecule has 18 heavy (non-hydrogen) atoms. The fourth-order valence-corrected chi connectivity index (χ4v) is 1.75. The van der Waals surface area contributed by atoms with E-state index in [4.69, 9.17) is 16.7 Å². The highest BCUT2D eigenvalue weighted by molar-refractivity contribution is 6.30. The van der Waals surface area contributed by atoms with Gasteiger partial charge in [-0.05, 0) is 28.6 Å². The largest absolute Gasteiger partial charge is 0.478 e. The van der Waals surface area contributed by atoms with E-state index >= 15 is 0 Å². The molecule has 0 radical (unpaired) electrons. The van der Waals surface area contributed by atoms with Crippen LogP contribution in [0.3, 0.4) is 0 Å². The van der Waals surface area contributed by atoms with Crippen molar-refractivity contribution in [1.29, 1.82) is 0 Å². The predicted octanol–water partition coefficient (Wildman–Crippen LogP) is 2.14. The van der Waals surface area contributed by atoms with E-state index in [1.54, 1.807) is 0 Å². The minimum absolute atomic E-state index is 0.0700. The number of halogens is 1. The molecule has 2 rings (SSSR count). The number of carboxylic acid groups (broad SMARTS) is 1. The first-order valence-electron chi connectivity index (χ1n) is 5.32. The monoisotopic (exact) mass is 266 g/mol. The van der Waals surface area contributed by atoms with Crippen molar-refractivity contribution < 1.29 is 9.90 Å². The van der Waals surface area contributed by atoms with E-state index in [-0.39, 0.29) is 11.5 Å². The summed E-state index contributed by atoms with van der Waals surface area (Å²) in [6.45, 7) is 3.85. The second-order valence-electron chi connectivity index (χ2n) is 4.07. The van der Waals surface area contributed by atoms with E-state index in [9.17, 15) is 4.79 Å². The molecule has 7 heteroatoms. The number of carboxylic acids is 1. The SMILES string of the molecule is CC(C)c1nnnn1-c1cc(Cl)ccc1C(=O)O. The van der Waals surface area contributed by atoms with Crippen molar-refractivity contribution in [2.24, 2.45) is 0 Å². The molecule has 0 fully saturated rings. The van der Waals surface area contributed by atoms with Crippen molar-refractivity contribution in [3.63, 3.8) is 0 Å². The molecule has 2 aromatic rings. The molecule has 0 aliphatic heterocycles. The minimum Gasteiger partial charge on any atom is -0.478 e. The number of aromatic carboxylic acids is 1. The number of rotatable bonds is 3. The van der Waals surface area contributed by atoms with Crippen molar-refractivity contribution >= 4 is 17.6 Å². The predicted molar refractivity (Wildman–Crippen MR) is 65.2 cm³/mol. The number of aromatic nitrogens is 4. The Labute approximate surface area is 108 Å². The summed E-state index contributed by atoms with van der Waals surface area (Å²) in [4.78, 5) is 11.2. The number of nitrogens with zero attached hydrogens (tertiary/aromatic N) is 4. The van der Waals surface area contributed by atoms with Crippen molar-refractivity contribution in [1.82, 2.24) is 20.2 Å². The average Bonchev–Trinajstić information content (AvgIpc) is 2.77. The Hall–Kier alpha value is -1.95. The van der Waals surface area contributed by atoms with Gasteiger partial charge in [-0.2, -0.15) is 4.68 Å². The molecule has 0 amide bonds. The Balaban J connectivity index is 2.66. The number of tetrazole rings is 1. The first kappa shape index (κ1) is 12.5. The summed E-state index contributed by atoms with van der Waals surface area (Å²) in [6.07, 6.45) is 0. The summed E-state index contributed by atoms with van der Waals surface area (Å²) in [5.41, 5.74) is 0.470. The summed E-state index contributed by atoms with van der Waals surface area (Å²) in [5.74, 6) is -0.396. The van der Waals surface area contributed by atoms with E-state index in [1.807, 2.05) is 13.8 Å². The highest BCUT2D eigenvalue weighted by atomic mass is 35.5. The van der Waals surface area contributed by atoms with E-state index in [0.29, 0.717) is 16.5 Å². The Morgan fingerprint density at radius 1 is 1.44 bits per heavy atom. The zero-order chi connectivity index (χ0) is 13.3. The lowest BCUT2D eigenvalue weighted by Gasteiger charge is -2.09. The van der Waals surface area contributed by atoms with E-state index in [0.717, 1.165) is 0 Å². The number of hydrogen-bond acceptors (Lipinski definition) is 4. The van der Waals surface area contributed by atoms with Gasteiger partial charge in [-0.25, -0.2) is 4.79 Å². The molecule has 0 aliphatic rings. The fraction of sp³-hybridized carbons (Fsp3) is 0.273. The van der Waals surface area contributed by atoms with Crippen molar-refractivity contribution in [3.05, 3.63) is 34.6 Å². The second-order valence-corrected chi connectivity index (χ2v) is 4.51. The first-order valence-corrected chi connectivity index (χ1v) is 5.70. The zero-order valence-electron chi connectivity index (χ0n) is 9.83. The zero-order valence-corrected chi connectivity index (χ0v) is 10.6. The maximum absolute atomic E-state index is 11.2. The van der Waals surface area contributed by atoms with Gasteiger partial charge in [-0.3, -0.25) is 0 Å². The van der Waals surface area contributed by atoms with Gasteiger partial charge >= 0.3 is 5.97 Å². The van der Waals surface area contributed by atoms with Gasteiger partial charge in [0.25, 0.3) is 0 Å². The summed E-state index contributed by atoms with van der Waals surface area (Å²) in [7, 11) is 0. The van der Waals surface area contributed by atoms with Crippen LogP contribution in [0.2, 0.25) is 5.02 Å². The topological polar surface area (TPSA) is 80.9 Å². The lowest BCUT2D eigenvalue weighted by Crippen LogP contribution is -2.10. The summed E-state index contributed by atoms with van der Waals surface area (Å²) in [6, 6.07) is 4.49. The molecular weight excluding hydrogens is 256 g/mol. The van der Waals surface area contributed by atoms with Crippen LogP contribution in [0.4, 0.5) is 0 Å². The Morgan fingerprint density at radius 2 is 2.17 bits per heavy atom. The molecule has 6 nitrogen and oxygen atoms in total. The molecule has 0 spiro atoms. The molecule has 0 unspecified atom stereocenters. The summed E-state index contributed by atoms with van der Waals surface area (Å²) in [5, 5.41) is 20.9. The van der Waals surface area contributed by atoms with Crippen molar-refractivity contribution in [2.75, 3.05) is 0 Å². The van der Waals surface area contributed by atoms with E-state index in [1.165, 1.54) is 22.9 Å². The number of carbonyl (C=O) groups is 1. The maximum Gasteiger partial charge on any atom is 0.337 e. The molecule has 94 valence electrons. The molecule has 0 bridgehead atoms. The summed E-state index contributed by atoms with van der Waals surface area (Å²) < 4.78 is 1.40. The van der Waals surface area contributed by atoms with E-state index in [2.05, 4.69) is 15.5 Å². The Morgan fingerprint density at radius 3 is 2.78 bits per heavy atom. The standard InChI is InChI=1S/C11H11ClN4O2/c1-6(2)10-13-14-15-16(10)9-5-7(12)3-4-8(9)11(17)18/h3-6H,1-2H3,(H,17,18). The van der Waals surface area contributed by atoms with E-state index < -0.39 is 5.97 Å². The van der Waals surface area contributed by atoms with Crippen LogP contribution < -0.4 is 0 Å². The third-order valence-electron chi connectivity index (χ3n) is 2.43. The lowest BCUT2D eigenvalue weighted by molar-refractivity contribution is 0.0696. The van der Waals surface area contributed by atoms with Crippen LogP contribution >= 0.6 is 11.6 Å². The Kier molecular flexibility index (Phi) is 3.29. The van der Waals surface area contributed by atoms with Gasteiger partial charge in [0.1, 0.15) is 0 Å². The van der Waals surface area contributed by atoms with Gasteiger partial charge < -0.3 is 5.11 Å². The van der Waals surface area contributed by atoms with Gasteiger partial charge in [0.2, 0.25) is 0 Å². The molecule has 1 heterocycles. The molecule has 0 saturated carbocycles. The number of hydrogen-bond donors (Lipinski definition) is 1. The Bertz CT molecular complexity index is 594. The van der Waals surface area contributed by atoms with Gasteiger partial charge in [-0.15, -0.1) is 5.10 Å². The van der Waals surface area contributed by atoms with Gasteiger partial charge in [-0.1, -0.05) is 25.4 Å². The van der Waals surface area contributed by atoms with Crippen molar-refractivity contribution in [3.8, 4) is 5.69 Å². The minimum atomic E-state index is -1.05. The highest BCUT2D eigenvalue weighted by Gasteiger charge is 2.18. The summed E-state index contributed by atoms with van der Waals surface area (Å²) >= 11 is 5.90. The van der Waals surface area contributed by atoms with Gasteiger partial charge in [0, 0.05) is 10.9 Å².